The fourth-order valence-electron chi connectivity index (χ4n) is 2.69. The van der Waals surface area contributed by atoms with Crippen LogP contribution in [0.5, 0.6) is 0 Å². The number of aryl methyl sites for hydroxylation is 2. The molecule has 0 heterocycles. The third kappa shape index (κ3) is 4.44. The van der Waals surface area contributed by atoms with E-state index in [2.05, 4.69) is 5.32 Å². The SMILES string of the molecule is Cc1ccc(C)c(CC(=O)NC(c2ccccc2)C(C)C(=O)O)c1. The third-order valence-electron chi connectivity index (χ3n) is 4.22. The Balaban J connectivity index is 2.18. The van der Waals surface area contributed by atoms with Crippen molar-refractivity contribution in [2.75, 3.05) is 0 Å². The van der Waals surface area contributed by atoms with Crippen molar-refractivity contribution in [3.8, 4) is 0 Å². The van der Waals surface area contributed by atoms with Gasteiger partial charge in [0.25, 0.3) is 0 Å². The molecule has 2 atom stereocenters. The largest absolute Gasteiger partial charge is 0.481 e. The number of carboxylic acid groups (broad SMARTS) is 1. The van der Waals surface area contributed by atoms with E-state index in [-0.39, 0.29) is 12.3 Å². The molecule has 24 heavy (non-hydrogen) atoms. The van der Waals surface area contributed by atoms with Crippen LogP contribution in [0.1, 0.15) is 35.2 Å². The Bertz CT molecular complexity index is 725. The summed E-state index contributed by atoms with van der Waals surface area (Å²) in [5.74, 6) is -1.82. The molecule has 0 aromatic heterocycles. The lowest BCUT2D eigenvalue weighted by molar-refractivity contribution is -0.142. The molecular formula is C20H23NO3. The van der Waals surface area contributed by atoms with Crippen molar-refractivity contribution < 1.29 is 14.7 Å². The number of carbonyl (C=O) groups excluding carboxylic acids is 1. The highest BCUT2D eigenvalue weighted by Crippen LogP contribution is 2.22. The summed E-state index contributed by atoms with van der Waals surface area (Å²) in [5.41, 5.74) is 3.91. The Labute approximate surface area is 142 Å². The summed E-state index contributed by atoms with van der Waals surface area (Å²) in [5, 5.41) is 12.2. The summed E-state index contributed by atoms with van der Waals surface area (Å²) in [7, 11) is 0. The van der Waals surface area contributed by atoms with Crippen LogP contribution < -0.4 is 5.32 Å². The van der Waals surface area contributed by atoms with Gasteiger partial charge < -0.3 is 10.4 Å². The summed E-state index contributed by atoms with van der Waals surface area (Å²) in [6.07, 6.45) is 0.239. The zero-order chi connectivity index (χ0) is 17.7. The van der Waals surface area contributed by atoms with Crippen LogP contribution >= 0.6 is 0 Å². The van der Waals surface area contributed by atoms with Crippen molar-refractivity contribution in [3.63, 3.8) is 0 Å². The topological polar surface area (TPSA) is 66.4 Å². The van der Waals surface area contributed by atoms with Crippen LogP contribution in [0.3, 0.4) is 0 Å². The number of nitrogens with one attached hydrogen (secondary N) is 1. The maximum atomic E-state index is 12.5. The molecule has 0 spiro atoms. The van der Waals surface area contributed by atoms with Gasteiger partial charge in [-0.15, -0.1) is 0 Å². The second-order valence-electron chi connectivity index (χ2n) is 6.19. The van der Waals surface area contributed by atoms with Gasteiger partial charge in [-0.1, -0.05) is 54.1 Å². The van der Waals surface area contributed by atoms with E-state index in [4.69, 9.17) is 0 Å². The van der Waals surface area contributed by atoms with Gasteiger partial charge in [-0.3, -0.25) is 9.59 Å². The summed E-state index contributed by atoms with van der Waals surface area (Å²) in [6, 6.07) is 14.7. The number of carboxylic acids is 1. The van der Waals surface area contributed by atoms with Crippen LogP contribution in [0, 0.1) is 19.8 Å². The smallest absolute Gasteiger partial charge is 0.308 e. The van der Waals surface area contributed by atoms with Crippen LogP contribution in [-0.2, 0) is 16.0 Å². The van der Waals surface area contributed by atoms with E-state index in [0.717, 1.165) is 22.3 Å². The number of hydrogen-bond donors (Lipinski definition) is 2. The van der Waals surface area contributed by atoms with Crippen molar-refractivity contribution in [3.05, 3.63) is 70.8 Å². The lowest BCUT2D eigenvalue weighted by Crippen LogP contribution is -2.36. The van der Waals surface area contributed by atoms with E-state index in [1.165, 1.54) is 0 Å². The van der Waals surface area contributed by atoms with Gasteiger partial charge in [0.2, 0.25) is 5.91 Å². The van der Waals surface area contributed by atoms with Gasteiger partial charge in [0, 0.05) is 0 Å². The van der Waals surface area contributed by atoms with Crippen LogP contribution in [0.2, 0.25) is 0 Å². The highest BCUT2D eigenvalue weighted by Gasteiger charge is 2.26. The highest BCUT2D eigenvalue weighted by molar-refractivity contribution is 5.80. The lowest BCUT2D eigenvalue weighted by atomic mass is 9.94. The molecular weight excluding hydrogens is 302 g/mol. The van der Waals surface area contributed by atoms with E-state index in [1.54, 1.807) is 6.92 Å². The quantitative estimate of drug-likeness (QED) is 0.855. The van der Waals surface area contributed by atoms with Gasteiger partial charge in [-0.05, 0) is 37.5 Å². The Morgan fingerprint density at radius 1 is 1.08 bits per heavy atom. The minimum Gasteiger partial charge on any atom is -0.481 e. The standard InChI is InChI=1S/C20H23NO3/c1-13-9-10-14(2)17(11-13)12-18(22)21-19(15(3)20(23)24)16-7-5-4-6-8-16/h4-11,15,19H,12H2,1-3H3,(H,21,22)(H,23,24). The molecule has 2 aromatic carbocycles. The molecule has 0 saturated carbocycles. The van der Waals surface area contributed by atoms with Crippen molar-refractivity contribution in [1.29, 1.82) is 0 Å². The number of hydrogen-bond acceptors (Lipinski definition) is 2. The normalized spacial score (nSPS) is 13.1. The zero-order valence-corrected chi connectivity index (χ0v) is 14.2. The number of carbonyl (C=O) groups is 2. The second-order valence-corrected chi connectivity index (χ2v) is 6.19. The molecule has 0 aliphatic rings. The first kappa shape index (κ1) is 17.7. The maximum Gasteiger partial charge on any atom is 0.308 e. The van der Waals surface area contributed by atoms with Crippen LogP contribution in [0.25, 0.3) is 0 Å². The van der Waals surface area contributed by atoms with Gasteiger partial charge in [0.1, 0.15) is 0 Å². The molecule has 1 amide bonds. The minimum atomic E-state index is -0.934. The van der Waals surface area contributed by atoms with Crippen molar-refractivity contribution in [2.24, 2.45) is 5.92 Å². The molecule has 2 unspecified atom stereocenters. The molecule has 2 aromatic rings. The van der Waals surface area contributed by atoms with Crippen molar-refractivity contribution in [1.82, 2.24) is 5.32 Å². The van der Waals surface area contributed by atoms with E-state index < -0.39 is 17.9 Å². The van der Waals surface area contributed by atoms with E-state index in [9.17, 15) is 14.7 Å². The van der Waals surface area contributed by atoms with Crippen LogP contribution in [0.4, 0.5) is 0 Å². The molecule has 0 radical (unpaired) electrons. The minimum absolute atomic E-state index is 0.175. The highest BCUT2D eigenvalue weighted by atomic mass is 16.4. The Kier molecular flexibility index (Phi) is 5.74. The summed E-state index contributed by atoms with van der Waals surface area (Å²) in [6.45, 7) is 5.56. The van der Waals surface area contributed by atoms with Crippen molar-refractivity contribution in [2.45, 2.75) is 33.2 Å². The fourth-order valence-corrected chi connectivity index (χ4v) is 2.69. The molecule has 0 aliphatic carbocycles. The van der Waals surface area contributed by atoms with Gasteiger partial charge in [-0.2, -0.15) is 0 Å². The first-order chi connectivity index (χ1) is 11.4. The first-order valence-electron chi connectivity index (χ1n) is 8.01. The van der Waals surface area contributed by atoms with E-state index in [0.29, 0.717) is 0 Å². The van der Waals surface area contributed by atoms with Gasteiger partial charge in [0.15, 0.2) is 0 Å². The van der Waals surface area contributed by atoms with E-state index in [1.807, 2.05) is 62.4 Å². The second kappa shape index (κ2) is 7.77. The van der Waals surface area contributed by atoms with Crippen LogP contribution in [0.15, 0.2) is 48.5 Å². The number of rotatable bonds is 6. The summed E-state index contributed by atoms with van der Waals surface area (Å²) < 4.78 is 0. The number of benzene rings is 2. The summed E-state index contributed by atoms with van der Waals surface area (Å²) in [4.78, 5) is 23.9. The number of aliphatic carboxylic acids is 1. The van der Waals surface area contributed by atoms with Gasteiger partial charge >= 0.3 is 5.97 Å². The average molecular weight is 325 g/mol. The van der Waals surface area contributed by atoms with Crippen molar-refractivity contribution >= 4 is 11.9 Å². The Hall–Kier alpha value is -2.62. The van der Waals surface area contributed by atoms with Gasteiger partial charge in [-0.25, -0.2) is 0 Å². The fraction of sp³-hybridized carbons (Fsp3) is 0.300. The van der Waals surface area contributed by atoms with E-state index >= 15 is 0 Å². The molecule has 4 heteroatoms. The Morgan fingerprint density at radius 3 is 2.38 bits per heavy atom. The molecule has 0 saturated heterocycles. The Morgan fingerprint density at radius 2 is 1.75 bits per heavy atom. The molecule has 126 valence electrons. The zero-order valence-electron chi connectivity index (χ0n) is 14.2. The molecule has 0 fully saturated rings. The number of amides is 1. The monoisotopic (exact) mass is 325 g/mol. The summed E-state index contributed by atoms with van der Waals surface area (Å²) >= 11 is 0. The average Bonchev–Trinajstić information content (AvgIpc) is 2.56. The predicted molar refractivity (Wildman–Crippen MR) is 93.7 cm³/mol. The first-order valence-corrected chi connectivity index (χ1v) is 8.01. The molecule has 2 rings (SSSR count). The predicted octanol–water partition coefficient (Wildman–Crippen LogP) is 3.42. The van der Waals surface area contributed by atoms with Gasteiger partial charge in [0.05, 0.1) is 18.4 Å². The lowest BCUT2D eigenvalue weighted by Gasteiger charge is -2.23. The van der Waals surface area contributed by atoms with Crippen LogP contribution in [-0.4, -0.2) is 17.0 Å². The molecule has 0 bridgehead atoms. The maximum absolute atomic E-state index is 12.5. The molecule has 2 N–H and O–H groups in total. The molecule has 4 nitrogen and oxygen atoms in total. The molecule has 0 aliphatic heterocycles. The third-order valence-corrected chi connectivity index (χ3v) is 4.22.